The molecule has 0 N–H and O–H groups in total. The SMILES string of the molecule is Cc1ccc(N(C2CCN(CC(C)C)CC2)S(=O)(=O)c2ccccc2)cc1. The zero-order chi connectivity index (χ0) is 19.4. The van der Waals surface area contributed by atoms with Crippen LogP contribution >= 0.6 is 0 Å². The van der Waals surface area contributed by atoms with Crippen LogP contribution in [0.5, 0.6) is 0 Å². The largest absolute Gasteiger partial charge is 0.303 e. The highest BCUT2D eigenvalue weighted by Crippen LogP contribution is 2.30. The molecule has 0 spiro atoms. The average Bonchev–Trinajstić information content (AvgIpc) is 2.65. The van der Waals surface area contributed by atoms with Crippen molar-refractivity contribution in [3.8, 4) is 0 Å². The van der Waals surface area contributed by atoms with Gasteiger partial charge in [0, 0.05) is 25.7 Å². The summed E-state index contributed by atoms with van der Waals surface area (Å²) in [5.74, 6) is 0.628. The first kappa shape index (κ1) is 19.9. The van der Waals surface area contributed by atoms with E-state index in [9.17, 15) is 8.42 Å². The fourth-order valence-electron chi connectivity index (χ4n) is 3.80. The lowest BCUT2D eigenvalue weighted by atomic mass is 10.0. The summed E-state index contributed by atoms with van der Waals surface area (Å²) in [6.07, 6.45) is 1.71. The predicted octanol–water partition coefficient (Wildman–Crippen LogP) is 4.31. The zero-order valence-corrected chi connectivity index (χ0v) is 17.3. The maximum atomic E-state index is 13.5. The second-order valence-electron chi connectivity index (χ2n) is 7.88. The number of hydrogen-bond acceptors (Lipinski definition) is 3. The lowest BCUT2D eigenvalue weighted by Crippen LogP contribution is -2.48. The summed E-state index contributed by atoms with van der Waals surface area (Å²) in [6, 6.07) is 16.6. The number of hydrogen-bond donors (Lipinski definition) is 0. The molecule has 146 valence electrons. The van der Waals surface area contributed by atoms with E-state index in [-0.39, 0.29) is 6.04 Å². The van der Waals surface area contributed by atoms with Gasteiger partial charge in [0.1, 0.15) is 0 Å². The van der Waals surface area contributed by atoms with Crippen LogP contribution < -0.4 is 4.31 Å². The van der Waals surface area contributed by atoms with Crippen molar-refractivity contribution in [2.45, 2.75) is 44.6 Å². The van der Waals surface area contributed by atoms with Crippen molar-refractivity contribution in [3.05, 3.63) is 60.2 Å². The summed E-state index contributed by atoms with van der Waals surface area (Å²) in [6.45, 7) is 9.42. The van der Waals surface area contributed by atoms with Gasteiger partial charge in [-0.3, -0.25) is 4.31 Å². The molecule has 2 aromatic rings. The molecular weight excluding hydrogens is 356 g/mol. The average molecular weight is 387 g/mol. The fraction of sp³-hybridized carbons (Fsp3) is 0.455. The first-order valence-corrected chi connectivity index (χ1v) is 11.2. The highest BCUT2D eigenvalue weighted by atomic mass is 32.2. The van der Waals surface area contributed by atoms with Gasteiger partial charge >= 0.3 is 0 Å². The standard InChI is InChI=1S/C22H30N2O2S/c1-18(2)17-23-15-13-21(14-16-23)24(20-11-9-19(3)10-12-20)27(25,26)22-7-5-4-6-8-22/h4-12,18,21H,13-17H2,1-3H3. The first-order chi connectivity index (χ1) is 12.9. The quantitative estimate of drug-likeness (QED) is 0.743. The number of nitrogens with zero attached hydrogens (tertiary/aromatic N) is 2. The molecule has 5 heteroatoms. The number of benzene rings is 2. The third-order valence-electron chi connectivity index (χ3n) is 5.10. The molecule has 4 nitrogen and oxygen atoms in total. The lowest BCUT2D eigenvalue weighted by Gasteiger charge is -2.39. The van der Waals surface area contributed by atoms with E-state index in [1.165, 1.54) is 0 Å². The number of rotatable bonds is 6. The molecule has 1 saturated heterocycles. The Morgan fingerprint density at radius 3 is 2.15 bits per heavy atom. The molecule has 0 aliphatic carbocycles. The third kappa shape index (κ3) is 4.71. The maximum Gasteiger partial charge on any atom is 0.264 e. The van der Waals surface area contributed by atoms with Crippen molar-refractivity contribution in [1.29, 1.82) is 0 Å². The van der Waals surface area contributed by atoms with Crippen LogP contribution in [0.3, 0.4) is 0 Å². The number of sulfonamides is 1. The molecule has 0 radical (unpaired) electrons. The van der Waals surface area contributed by atoms with Crippen molar-refractivity contribution in [3.63, 3.8) is 0 Å². The number of anilines is 1. The highest BCUT2D eigenvalue weighted by Gasteiger charge is 2.34. The van der Waals surface area contributed by atoms with E-state index < -0.39 is 10.0 Å². The monoisotopic (exact) mass is 386 g/mol. The van der Waals surface area contributed by atoms with Crippen molar-refractivity contribution in [2.24, 2.45) is 5.92 Å². The minimum atomic E-state index is -3.59. The minimum Gasteiger partial charge on any atom is -0.303 e. The van der Waals surface area contributed by atoms with E-state index in [2.05, 4.69) is 18.7 Å². The smallest absolute Gasteiger partial charge is 0.264 e. The van der Waals surface area contributed by atoms with Gasteiger partial charge in [0.25, 0.3) is 10.0 Å². The van der Waals surface area contributed by atoms with Crippen LogP contribution in [0, 0.1) is 12.8 Å². The van der Waals surface area contributed by atoms with Gasteiger partial charge in [-0.1, -0.05) is 49.7 Å². The Bertz CT molecular complexity index is 824. The van der Waals surface area contributed by atoms with Gasteiger partial charge in [-0.05, 0) is 49.9 Å². The molecule has 1 aliphatic rings. The fourth-order valence-corrected chi connectivity index (χ4v) is 5.53. The van der Waals surface area contributed by atoms with Crippen molar-refractivity contribution in [1.82, 2.24) is 4.90 Å². The van der Waals surface area contributed by atoms with Crippen LogP contribution in [-0.4, -0.2) is 39.0 Å². The number of aryl methyl sites for hydroxylation is 1. The van der Waals surface area contributed by atoms with Crippen molar-refractivity contribution >= 4 is 15.7 Å². The Kier molecular flexibility index (Phi) is 6.22. The van der Waals surface area contributed by atoms with Gasteiger partial charge in [-0.15, -0.1) is 0 Å². The van der Waals surface area contributed by atoms with Gasteiger partial charge in [0.15, 0.2) is 0 Å². The second kappa shape index (κ2) is 8.44. The topological polar surface area (TPSA) is 40.6 Å². The molecule has 0 unspecified atom stereocenters. The molecule has 0 bridgehead atoms. The van der Waals surface area contributed by atoms with Crippen LogP contribution in [0.4, 0.5) is 5.69 Å². The van der Waals surface area contributed by atoms with Gasteiger partial charge < -0.3 is 4.90 Å². The van der Waals surface area contributed by atoms with Crippen LogP contribution in [0.15, 0.2) is 59.5 Å². The van der Waals surface area contributed by atoms with Crippen LogP contribution in [0.2, 0.25) is 0 Å². The summed E-state index contributed by atoms with van der Waals surface area (Å²) in [4.78, 5) is 2.80. The number of piperidine rings is 1. The predicted molar refractivity (Wildman–Crippen MR) is 112 cm³/mol. The van der Waals surface area contributed by atoms with Crippen LogP contribution in [0.25, 0.3) is 0 Å². The summed E-state index contributed by atoms with van der Waals surface area (Å²) >= 11 is 0. The Labute approximate surface area is 163 Å². The van der Waals surface area contributed by atoms with E-state index in [0.29, 0.717) is 10.8 Å². The molecule has 1 aliphatic heterocycles. The molecule has 2 aromatic carbocycles. The Hall–Kier alpha value is -1.85. The molecular formula is C22H30N2O2S. The molecule has 1 heterocycles. The van der Waals surface area contributed by atoms with Gasteiger partial charge in [-0.25, -0.2) is 8.42 Å². The van der Waals surface area contributed by atoms with E-state index in [1.807, 2.05) is 37.3 Å². The minimum absolute atomic E-state index is 0.0127. The number of likely N-dealkylation sites (tertiary alicyclic amines) is 1. The van der Waals surface area contributed by atoms with E-state index >= 15 is 0 Å². The first-order valence-electron chi connectivity index (χ1n) is 9.76. The van der Waals surface area contributed by atoms with Crippen LogP contribution in [-0.2, 0) is 10.0 Å². The Morgan fingerprint density at radius 2 is 1.59 bits per heavy atom. The Morgan fingerprint density at radius 1 is 1.00 bits per heavy atom. The molecule has 1 fully saturated rings. The summed E-state index contributed by atoms with van der Waals surface area (Å²) in [5.41, 5.74) is 1.88. The molecule has 0 atom stereocenters. The van der Waals surface area contributed by atoms with Gasteiger partial charge in [0.2, 0.25) is 0 Å². The maximum absolute atomic E-state index is 13.5. The van der Waals surface area contributed by atoms with E-state index in [4.69, 9.17) is 0 Å². The second-order valence-corrected chi connectivity index (χ2v) is 9.69. The zero-order valence-electron chi connectivity index (χ0n) is 16.5. The van der Waals surface area contributed by atoms with Crippen LogP contribution in [0.1, 0.15) is 32.3 Å². The summed E-state index contributed by atoms with van der Waals surface area (Å²) < 4.78 is 28.6. The Balaban J connectivity index is 1.91. The summed E-state index contributed by atoms with van der Waals surface area (Å²) in [5, 5.41) is 0. The lowest BCUT2D eigenvalue weighted by molar-refractivity contribution is 0.194. The van der Waals surface area contributed by atoms with Gasteiger partial charge in [0.05, 0.1) is 10.6 Å². The van der Waals surface area contributed by atoms with E-state index in [0.717, 1.165) is 43.7 Å². The molecule has 0 amide bonds. The highest BCUT2D eigenvalue weighted by molar-refractivity contribution is 7.92. The normalized spacial score (nSPS) is 16.6. The molecule has 0 aromatic heterocycles. The van der Waals surface area contributed by atoms with Crippen molar-refractivity contribution in [2.75, 3.05) is 23.9 Å². The van der Waals surface area contributed by atoms with Gasteiger partial charge in [-0.2, -0.15) is 0 Å². The van der Waals surface area contributed by atoms with E-state index in [1.54, 1.807) is 28.6 Å². The third-order valence-corrected chi connectivity index (χ3v) is 7.00. The molecule has 0 saturated carbocycles. The molecule has 3 rings (SSSR count). The van der Waals surface area contributed by atoms with Crippen molar-refractivity contribution < 1.29 is 8.42 Å². The summed E-state index contributed by atoms with van der Waals surface area (Å²) in [7, 11) is -3.59. The molecule has 27 heavy (non-hydrogen) atoms.